The van der Waals surface area contributed by atoms with Crippen molar-refractivity contribution in [2.45, 2.75) is 29.8 Å². The normalized spacial score (nSPS) is 17.8. The second-order valence-electron chi connectivity index (χ2n) is 6.66. The lowest BCUT2D eigenvalue weighted by molar-refractivity contribution is -0.146. The van der Waals surface area contributed by atoms with Gasteiger partial charge in [-0.25, -0.2) is 0 Å². The average molecular weight is 479 g/mol. The second kappa shape index (κ2) is 11.3. The Hall–Kier alpha value is -2.37. The molecule has 3 rings (SSSR count). The fourth-order valence-electron chi connectivity index (χ4n) is 3.00. The van der Waals surface area contributed by atoms with E-state index in [2.05, 4.69) is 20.0 Å². The molecule has 0 aliphatic heterocycles. The zero-order chi connectivity index (χ0) is 22.2. The molecule has 0 bridgehead atoms. The van der Waals surface area contributed by atoms with Crippen LogP contribution in [0.25, 0.3) is 0 Å². The summed E-state index contributed by atoms with van der Waals surface area (Å²) in [6, 6.07) is 7.10. The van der Waals surface area contributed by atoms with Crippen LogP contribution in [0.4, 0.5) is 10.8 Å². The molecule has 0 fully saturated rings. The standard InChI is InChI=1S/C20H22N4O4S3/c1-2-29-20-23-19(31-24-20)22-16(25)11-30-13-9-7-12(8-10-13)21-17(26)14-5-3-4-6-15(14)18(27)28/h3-4,7-10,14-15H,2,5-6,11H2,1H3,(H,21,26)(H,27,28)(H,22,23,24,25). The number of carbonyl (C=O) groups excluding carboxylic acids is 2. The first-order valence-corrected chi connectivity index (χ1v) is 12.4. The third kappa shape index (κ3) is 6.81. The highest BCUT2D eigenvalue weighted by Gasteiger charge is 2.33. The van der Waals surface area contributed by atoms with E-state index < -0.39 is 17.8 Å². The Kier molecular flexibility index (Phi) is 8.50. The van der Waals surface area contributed by atoms with Crippen LogP contribution in [0.5, 0.6) is 0 Å². The minimum absolute atomic E-state index is 0.170. The molecule has 2 amide bonds. The first kappa shape index (κ1) is 23.3. The van der Waals surface area contributed by atoms with Crippen molar-refractivity contribution in [2.75, 3.05) is 22.1 Å². The molecule has 11 heteroatoms. The van der Waals surface area contributed by atoms with Gasteiger partial charge in [0.05, 0.1) is 17.6 Å². The summed E-state index contributed by atoms with van der Waals surface area (Å²) in [5, 5.41) is 16.0. The van der Waals surface area contributed by atoms with Gasteiger partial charge in [0.2, 0.25) is 22.1 Å². The fraction of sp³-hybridized carbons (Fsp3) is 0.350. The van der Waals surface area contributed by atoms with Gasteiger partial charge >= 0.3 is 5.97 Å². The number of nitrogens with zero attached hydrogens (tertiary/aromatic N) is 2. The second-order valence-corrected chi connectivity index (χ2v) is 9.69. The first-order chi connectivity index (χ1) is 15.0. The Morgan fingerprint density at radius 2 is 1.81 bits per heavy atom. The van der Waals surface area contributed by atoms with E-state index in [0.717, 1.165) is 22.2 Å². The van der Waals surface area contributed by atoms with Crippen LogP contribution < -0.4 is 10.6 Å². The van der Waals surface area contributed by atoms with Gasteiger partial charge < -0.3 is 10.4 Å². The molecule has 0 spiro atoms. The molecule has 0 saturated carbocycles. The van der Waals surface area contributed by atoms with E-state index in [1.807, 2.05) is 25.1 Å². The van der Waals surface area contributed by atoms with Gasteiger partial charge in [-0.15, -0.1) is 11.8 Å². The molecule has 164 valence electrons. The number of nitrogens with one attached hydrogen (secondary N) is 2. The molecule has 8 nitrogen and oxygen atoms in total. The summed E-state index contributed by atoms with van der Waals surface area (Å²) in [5.74, 6) is -1.63. The molecular weight excluding hydrogens is 456 g/mol. The number of aliphatic carboxylic acids is 1. The summed E-state index contributed by atoms with van der Waals surface area (Å²) < 4.78 is 4.16. The summed E-state index contributed by atoms with van der Waals surface area (Å²) >= 11 is 4.04. The summed E-state index contributed by atoms with van der Waals surface area (Å²) in [6.07, 6.45) is 4.43. The minimum atomic E-state index is -0.955. The number of hydrogen-bond donors (Lipinski definition) is 3. The van der Waals surface area contributed by atoms with Crippen LogP contribution in [0.3, 0.4) is 0 Å². The monoisotopic (exact) mass is 478 g/mol. The Labute approximate surface area is 192 Å². The average Bonchev–Trinajstić information content (AvgIpc) is 3.20. The van der Waals surface area contributed by atoms with Crippen molar-refractivity contribution in [2.24, 2.45) is 11.8 Å². The quantitative estimate of drug-likeness (QED) is 0.365. The number of rotatable bonds is 9. The van der Waals surface area contributed by atoms with Crippen LogP contribution in [0.15, 0.2) is 46.5 Å². The van der Waals surface area contributed by atoms with Crippen LogP contribution in [0.2, 0.25) is 0 Å². The van der Waals surface area contributed by atoms with E-state index in [1.54, 1.807) is 18.2 Å². The molecule has 1 aromatic heterocycles. The topological polar surface area (TPSA) is 121 Å². The SMILES string of the molecule is CCSc1nsc(NC(=O)CSc2ccc(NC(=O)C3CC=CCC3C(=O)O)cc2)n1. The number of aromatic nitrogens is 2. The van der Waals surface area contributed by atoms with Gasteiger partial charge in [-0.3, -0.25) is 19.7 Å². The zero-order valence-electron chi connectivity index (χ0n) is 16.7. The van der Waals surface area contributed by atoms with E-state index in [0.29, 0.717) is 28.8 Å². The molecule has 0 radical (unpaired) electrons. The predicted molar refractivity (Wildman–Crippen MR) is 124 cm³/mol. The van der Waals surface area contributed by atoms with Crippen LogP contribution in [0, 0.1) is 11.8 Å². The number of thioether (sulfide) groups is 2. The zero-order valence-corrected chi connectivity index (χ0v) is 19.2. The van der Waals surface area contributed by atoms with Crippen molar-refractivity contribution in [3.63, 3.8) is 0 Å². The maximum absolute atomic E-state index is 12.5. The molecule has 2 atom stereocenters. The summed E-state index contributed by atoms with van der Waals surface area (Å²) in [4.78, 5) is 41.1. The number of anilines is 2. The van der Waals surface area contributed by atoms with Crippen molar-refractivity contribution in [3.05, 3.63) is 36.4 Å². The van der Waals surface area contributed by atoms with Crippen LogP contribution in [-0.2, 0) is 14.4 Å². The van der Waals surface area contributed by atoms with Crippen LogP contribution in [0.1, 0.15) is 19.8 Å². The lowest BCUT2D eigenvalue weighted by Gasteiger charge is -2.24. The number of carbonyl (C=O) groups is 3. The Balaban J connectivity index is 1.48. The highest BCUT2D eigenvalue weighted by atomic mass is 32.2. The smallest absolute Gasteiger partial charge is 0.307 e. The number of amides is 2. The van der Waals surface area contributed by atoms with Gasteiger partial charge in [-0.05, 0) is 42.9 Å². The molecule has 2 aromatic rings. The number of carboxylic acid groups (broad SMARTS) is 1. The van der Waals surface area contributed by atoms with Gasteiger partial charge in [0.15, 0.2) is 0 Å². The minimum Gasteiger partial charge on any atom is -0.481 e. The Bertz CT molecular complexity index is 962. The number of allylic oxidation sites excluding steroid dienone is 2. The van der Waals surface area contributed by atoms with Gasteiger partial charge in [0.25, 0.3) is 0 Å². The van der Waals surface area contributed by atoms with Gasteiger partial charge in [0.1, 0.15) is 0 Å². The molecule has 1 heterocycles. The molecular formula is C20H22N4O4S3. The van der Waals surface area contributed by atoms with Crippen molar-refractivity contribution < 1.29 is 19.5 Å². The summed E-state index contributed by atoms with van der Waals surface area (Å²) in [5.41, 5.74) is 0.590. The number of carboxylic acids is 1. The highest BCUT2D eigenvalue weighted by molar-refractivity contribution is 8.00. The van der Waals surface area contributed by atoms with E-state index in [4.69, 9.17) is 0 Å². The maximum atomic E-state index is 12.5. The molecule has 31 heavy (non-hydrogen) atoms. The van der Waals surface area contributed by atoms with E-state index in [-0.39, 0.29) is 17.6 Å². The molecule has 2 unspecified atom stereocenters. The molecule has 0 saturated heterocycles. The Morgan fingerprint density at radius 3 is 2.48 bits per heavy atom. The summed E-state index contributed by atoms with van der Waals surface area (Å²) in [7, 11) is 0. The van der Waals surface area contributed by atoms with Crippen molar-refractivity contribution in [1.29, 1.82) is 0 Å². The molecule has 1 aliphatic carbocycles. The van der Waals surface area contributed by atoms with E-state index >= 15 is 0 Å². The molecule has 1 aromatic carbocycles. The fourth-order valence-corrected chi connectivity index (χ4v) is 4.98. The van der Waals surface area contributed by atoms with Gasteiger partial charge in [-0.2, -0.15) is 9.36 Å². The lowest BCUT2D eigenvalue weighted by atomic mass is 9.82. The van der Waals surface area contributed by atoms with Crippen molar-refractivity contribution >= 4 is 63.7 Å². The number of benzene rings is 1. The molecule has 1 aliphatic rings. The van der Waals surface area contributed by atoms with Crippen molar-refractivity contribution in [1.82, 2.24) is 9.36 Å². The van der Waals surface area contributed by atoms with E-state index in [1.165, 1.54) is 23.5 Å². The van der Waals surface area contributed by atoms with Crippen molar-refractivity contribution in [3.8, 4) is 0 Å². The predicted octanol–water partition coefficient (Wildman–Crippen LogP) is 3.99. The lowest BCUT2D eigenvalue weighted by Crippen LogP contribution is -2.34. The third-order valence-electron chi connectivity index (χ3n) is 4.51. The van der Waals surface area contributed by atoms with Crippen LogP contribution >= 0.6 is 35.1 Å². The summed E-state index contributed by atoms with van der Waals surface area (Å²) in [6.45, 7) is 2.01. The molecule has 3 N–H and O–H groups in total. The third-order valence-corrected chi connectivity index (χ3v) is 6.99. The maximum Gasteiger partial charge on any atom is 0.307 e. The van der Waals surface area contributed by atoms with Gasteiger partial charge in [0, 0.05) is 22.1 Å². The number of hydrogen-bond acceptors (Lipinski definition) is 8. The first-order valence-electron chi connectivity index (χ1n) is 9.64. The Morgan fingerprint density at radius 1 is 1.10 bits per heavy atom. The largest absolute Gasteiger partial charge is 0.481 e. The van der Waals surface area contributed by atoms with E-state index in [9.17, 15) is 19.5 Å². The van der Waals surface area contributed by atoms with Crippen LogP contribution in [-0.4, -0.2) is 43.8 Å². The highest BCUT2D eigenvalue weighted by Crippen LogP contribution is 2.28. The van der Waals surface area contributed by atoms with Gasteiger partial charge in [-0.1, -0.05) is 30.8 Å².